The fraction of sp³-hybridized carbons (Fsp3) is 0.600. The van der Waals surface area contributed by atoms with Crippen molar-refractivity contribution in [1.82, 2.24) is 5.01 Å². The van der Waals surface area contributed by atoms with Crippen LogP contribution in [0.25, 0.3) is 0 Å². The van der Waals surface area contributed by atoms with Gasteiger partial charge >= 0.3 is 0 Å². The molecule has 0 aromatic rings. The Morgan fingerprint density at radius 2 is 2.17 bits per heavy atom. The van der Waals surface area contributed by atoms with Gasteiger partial charge in [0.05, 0.1) is 0 Å². The van der Waals surface area contributed by atoms with Crippen molar-refractivity contribution in [2.75, 3.05) is 13.3 Å². The summed E-state index contributed by atoms with van der Waals surface area (Å²) in [5.74, 6) is -0.657. The molecule has 1 amide bonds. The monoisotopic (exact) mass is 191 g/mol. The number of amidine groups is 1. The predicted molar refractivity (Wildman–Crippen MR) is 46.4 cm³/mol. The number of hydrogen-bond donors (Lipinski definition) is 0. The van der Waals surface area contributed by atoms with Gasteiger partial charge in [-0.05, 0) is 11.3 Å². The number of thioether (sulfide) groups is 1. The van der Waals surface area contributed by atoms with E-state index in [2.05, 4.69) is 4.99 Å². The van der Waals surface area contributed by atoms with Crippen molar-refractivity contribution in [2.45, 2.75) is 6.92 Å². The van der Waals surface area contributed by atoms with Gasteiger partial charge in [-0.2, -0.15) is 0 Å². The SMILES string of the molecule is CN=C(SC)N(C(C)=O)[N+](=O)[O-]. The molecule has 0 bridgehead atoms. The maximum absolute atomic E-state index is 10.7. The summed E-state index contributed by atoms with van der Waals surface area (Å²) >= 11 is 1.05. The van der Waals surface area contributed by atoms with Crippen LogP contribution in [0.3, 0.4) is 0 Å². The fourth-order valence-corrected chi connectivity index (χ4v) is 1.14. The summed E-state index contributed by atoms with van der Waals surface area (Å²) in [5, 5.41) is 10.0. The van der Waals surface area contributed by atoms with Gasteiger partial charge in [-0.15, -0.1) is 0 Å². The number of nitrogens with zero attached hydrogens (tertiary/aromatic N) is 3. The first kappa shape index (κ1) is 10.9. The number of rotatable bonds is 1. The molecule has 0 saturated heterocycles. The lowest BCUT2D eigenvalue weighted by Gasteiger charge is -2.08. The normalized spacial score (nSPS) is 11.1. The van der Waals surface area contributed by atoms with Gasteiger partial charge in [-0.3, -0.25) is 9.79 Å². The quantitative estimate of drug-likeness (QED) is 0.260. The number of aliphatic imine (C=N–C) groups is 1. The lowest BCUT2D eigenvalue weighted by atomic mass is 10.7. The summed E-state index contributed by atoms with van der Waals surface area (Å²) in [6.45, 7) is 1.12. The molecular formula is C5H9N3O3S. The van der Waals surface area contributed by atoms with Crippen molar-refractivity contribution < 1.29 is 9.83 Å². The largest absolute Gasteiger partial charge is 0.289 e. The van der Waals surface area contributed by atoms with Crippen LogP contribution < -0.4 is 0 Å². The van der Waals surface area contributed by atoms with E-state index in [0.717, 1.165) is 18.7 Å². The van der Waals surface area contributed by atoms with E-state index in [-0.39, 0.29) is 5.17 Å². The third-order valence-corrected chi connectivity index (χ3v) is 1.74. The molecule has 0 atom stereocenters. The molecule has 7 heteroatoms. The minimum Gasteiger partial charge on any atom is -0.268 e. The van der Waals surface area contributed by atoms with Crippen molar-refractivity contribution in [2.24, 2.45) is 4.99 Å². The van der Waals surface area contributed by atoms with E-state index in [0.29, 0.717) is 5.01 Å². The number of carbonyl (C=O) groups is 1. The summed E-state index contributed by atoms with van der Waals surface area (Å²) < 4.78 is 0. The standard InChI is InChI=1S/C5H9N3O3S/c1-4(9)7(8(10)11)5(6-2)12-3/h1-3H3. The van der Waals surface area contributed by atoms with E-state index in [9.17, 15) is 14.9 Å². The Balaban J connectivity index is 4.73. The third-order valence-electron chi connectivity index (χ3n) is 1.02. The molecule has 0 aromatic heterocycles. The second-order valence-electron chi connectivity index (χ2n) is 1.78. The van der Waals surface area contributed by atoms with E-state index in [1.54, 1.807) is 6.26 Å². The molecule has 0 saturated carbocycles. The first-order valence-electron chi connectivity index (χ1n) is 3.00. The van der Waals surface area contributed by atoms with Crippen LogP contribution in [0.2, 0.25) is 0 Å². The van der Waals surface area contributed by atoms with Gasteiger partial charge in [0.2, 0.25) is 5.17 Å². The summed E-state index contributed by atoms with van der Waals surface area (Å²) in [6.07, 6.45) is 1.61. The van der Waals surface area contributed by atoms with E-state index in [1.807, 2.05) is 0 Å². The Labute approximate surface area is 73.8 Å². The molecule has 6 nitrogen and oxygen atoms in total. The topological polar surface area (TPSA) is 75.8 Å². The van der Waals surface area contributed by atoms with Gasteiger partial charge < -0.3 is 0 Å². The minimum absolute atomic E-state index is 0.0764. The average molecular weight is 191 g/mol. The third kappa shape index (κ3) is 2.50. The lowest BCUT2D eigenvalue weighted by molar-refractivity contribution is -0.608. The second-order valence-corrected chi connectivity index (χ2v) is 2.55. The molecule has 0 unspecified atom stereocenters. The number of hydrogen-bond acceptors (Lipinski definition) is 5. The molecule has 0 N–H and O–H groups in total. The Bertz CT molecular complexity index is 214. The van der Waals surface area contributed by atoms with E-state index in [4.69, 9.17) is 0 Å². The second kappa shape index (κ2) is 4.70. The molecule has 0 heterocycles. The van der Waals surface area contributed by atoms with Gasteiger partial charge in [0.1, 0.15) is 0 Å². The molecule has 0 aliphatic carbocycles. The van der Waals surface area contributed by atoms with E-state index < -0.39 is 10.9 Å². The van der Waals surface area contributed by atoms with Crippen LogP contribution in [0, 0.1) is 10.1 Å². The van der Waals surface area contributed by atoms with Crippen molar-refractivity contribution in [3.63, 3.8) is 0 Å². The number of nitro groups is 1. The highest BCUT2D eigenvalue weighted by Crippen LogP contribution is 2.05. The van der Waals surface area contributed by atoms with Crippen molar-refractivity contribution >= 4 is 22.8 Å². The highest BCUT2D eigenvalue weighted by atomic mass is 32.2. The highest BCUT2D eigenvalue weighted by molar-refractivity contribution is 8.13. The molecule has 0 spiro atoms. The maximum Gasteiger partial charge on any atom is 0.289 e. The molecule has 12 heavy (non-hydrogen) atoms. The number of amides is 1. The van der Waals surface area contributed by atoms with Crippen molar-refractivity contribution in [3.05, 3.63) is 10.1 Å². The Morgan fingerprint density at radius 1 is 1.67 bits per heavy atom. The molecule has 0 aromatic carbocycles. The minimum atomic E-state index is -0.791. The van der Waals surface area contributed by atoms with Crippen LogP contribution >= 0.6 is 11.8 Å². The maximum atomic E-state index is 10.7. The molecule has 0 aliphatic heterocycles. The zero-order valence-corrected chi connectivity index (χ0v) is 7.79. The molecule has 0 fully saturated rings. The predicted octanol–water partition coefficient (Wildman–Crippen LogP) is 0.375. The highest BCUT2D eigenvalue weighted by Gasteiger charge is 2.25. The van der Waals surface area contributed by atoms with Crippen molar-refractivity contribution in [1.29, 1.82) is 0 Å². The zero-order chi connectivity index (χ0) is 9.72. The average Bonchev–Trinajstić information content (AvgIpc) is 1.98. The lowest BCUT2D eigenvalue weighted by Crippen LogP contribution is -2.38. The van der Waals surface area contributed by atoms with Crippen LogP contribution in [0.4, 0.5) is 0 Å². The summed E-state index contributed by atoms with van der Waals surface area (Å²) in [4.78, 5) is 24.6. The van der Waals surface area contributed by atoms with Gasteiger partial charge in [0.25, 0.3) is 5.91 Å². The zero-order valence-electron chi connectivity index (χ0n) is 6.97. The van der Waals surface area contributed by atoms with Crippen LogP contribution in [-0.2, 0) is 4.79 Å². The first-order chi connectivity index (χ1) is 5.54. The number of carbonyl (C=O) groups excluding carboxylic acids is 1. The number of hydrazine groups is 1. The van der Waals surface area contributed by atoms with Crippen LogP contribution in [-0.4, -0.2) is 34.4 Å². The van der Waals surface area contributed by atoms with Crippen molar-refractivity contribution in [3.8, 4) is 0 Å². The first-order valence-corrected chi connectivity index (χ1v) is 4.22. The summed E-state index contributed by atoms with van der Waals surface area (Å²) in [7, 11) is 1.39. The summed E-state index contributed by atoms with van der Waals surface area (Å²) in [5.41, 5.74) is 0. The molecule has 0 radical (unpaired) electrons. The Morgan fingerprint density at radius 3 is 2.25 bits per heavy atom. The molecular weight excluding hydrogens is 182 g/mol. The van der Waals surface area contributed by atoms with Crippen LogP contribution in [0.1, 0.15) is 6.92 Å². The van der Waals surface area contributed by atoms with E-state index in [1.165, 1.54) is 7.05 Å². The van der Waals surface area contributed by atoms with Gasteiger partial charge in [0, 0.05) is 14.0 Å². The van der Waals surface area contributed by atoms with Gasteiger partial charge in [0.15, 0.2) is 5.03 Å². The molecule has 0 aliphatic rings. The molecule has 68 valence electrons. The van der Waals surface area contributed by atoms with Crippen LogP contribution in [0.5, 0.6) is 0 Å². The van der Waals surface area contributed by atoms with Crippen LogP contribution in [0.15, 0.2) is 4.99 Å². The molecule has 0 rings (SSSR count). The summed E-state index contributed by atoms with van der Waals surface area (Å²) in [6, 6.07) is 0. The Hall–Kier alpha value is -1.11. The van der Waals surface area contributed by atoms with Gasteiger partial charge in [-0.25, -0.2) is 10.1 Å². The Kier molecular flexibility index (Phi) is 4.27. The smallest absolute Gasteiger partial charge is 0.268 e. The fourth-order valence-electron chi connectivity index (χ4n) is 0.592. The van der Waals surface area contributed by atoms with Gasteiger partial charge in [-0.1, -0.05) is 11.8 Å². The van der Waals surface area contributed by atoms with E-state index >= 15 is 0 Å².